The maximum atomic E-state index is 12.7. The minimum atomic E-state index is -3.35. The Hall–Kier alpha value is -8.09. The molecule has 5 saturated heterocycles. The van der Waals surface area contributed by atoms with Crippen LogP contribution < -0.4 is 24.3 Å². The molecule has 112 heavy (non-hydrogen) atoms. The molecule has 29 nitrogen and oxygen atoms in total. The molecule has 5 aliphatic heterocycles. The largest absolute Gasteiger partial charge is 0.380 e. The molecule has 0 unspecified atom stereocenters. The Morgan fingerprint density at radius 1 is 0.518 bits per heavy atom. The number of carbonyl (C=O) groups is 2. The number of nitrogens with zero attached hydrogens (tertiary/aromatic N) is 14. The van der Waals surface area contributed by atoms with Crippen molar-refractivity contribution in [2.45, 2.75) is 94.7 Å². The molecule has 6 fully saturated rings. The molecule has 17 rings (SSSR count). The second kappa shape index (κ2) is 34.5. The first kappa shape index (κ1) is 81.9. The molecule has 598 valence electrons. The van der Waals surface area contributed by atoms with E-state index in [0.29, 0.717) is 90.3 Å². The van der Waals surface area contributed by atoms with E-state index in [2.05, 4.69) is 89.2 Å². The highest BCUT2D eigenvalue weighted by Crippen LogP contribution is 2.40. The Balaban J connectivity index is 0.000000123. The highest BCUT2D eigenvalue weighted by molar-refractivity contribution is 7.88. The van der Waals surface area contributed by atoms with E-state index < -0.39 is 35.9 Å². The molecule has 1 saturated carbocycles. The van der Waals surface area contributed by atoms with Crippen LogP contribution in [-0.2, 0) is 45.6 Å². The van der Waals surface area contributed by atoms with Crippen LogP contribution in [-0.4, -0.2) is 252 Å². The van der Waals surface area contributed by atoms with E-state index in [1.807, 2.05) is 108 Å². The molecule has 10 heterocycles. The zero-order chi connectivity index (χ0) is 79.6. The molecule has 7 N–H and O–H groups in total. The second-order valence-corrected chi connectivity index (χ2v) is 37.3. The van der Waals surface area contributed by atoms with Crippen LogP contribution in [0.25, 0.3) is 54.5 Å². The molecule has 0 spiro atoms. The summed E-state index contributed by atoms with van der Waals surface area (Å²) in [5.41, 5.74) is 9.61. The number of sulfonamides is 2. The van der Waals surface area contributed by atoms with Crippen LogP contribution in [0.1, 0.15) is 76.3 Å². The summed E-state index contributed by atoms with van der Waals surface area (Å²) >= 11 is 30.9. The molecule has 6 aliphatic rings. The molecule has 5 aromatic heterocycles. The SMILES string of the molecule is CC(=O)N1[C@H](C)CN(c2cc(Cl)cc3[nH]ncc23)C[C@@H]1C.CN(C1CCN(c2cc(Cl)cc3[nH]ncc23)CC1)S(C)(=O)=O.CNS(=O)(=O)N1CCN(c2cc(Cl)cc3[nH]ncc23)CC1.O=C(N1CCN(c2cc(Cl)cc3[nH]ncc23)CC1)C1(O)CC1.O=S(=O)(Cc1ccccc1)N1CCC(c2cc(Cl)cc3[nH]ncc23)CC1. The van der Waals surface area contributed by atoms with Crippen LogP contribution in [0.2, 0.25) is 25.1 Å². The molecule has 37 heteroatoms. The van der Waals surface area contributed by atoms with Gasteiger partial charge in [0.05, 0.1) is 70.6 Å². The lowest BCUT2D eigenvalue weighted by molar-refractivity contribution is -0.142. The van der Waals surface area contributed by atoms with Crippen molar-refractivity contribution >= 4 is 177 Å². The van der Waals surface area contributed by atoms with E-state index in [1.165, 1.54) is 21.9 Å². The number of piperazine rings is 3. The molecule has 0 bridgehead atoms. The van der Waals surface area contributed by atoms with Crippen molar-refractivity contribution < 1.29 is 39.9 Å². The van der Waals surface area contributed by atoms with Gasteiger partial charge in [0.1, 0.15) is 5.60 Å². The van der Waals surface area contributed by atoms with Crippen LogP contribution in [0.3, 0.4) is 0 Å². The number of piperidine rings is 2. The topological polar surface area (TPSA) is 341 Å². The van der Waals surface area contributed by atoms with Crippen LogP contribution in [0.15, 0.2) is 122 Å². The highest BCUT2D eigenvalue weighted by Gasteiger charge is 2.50. The van der Waals surface area contributed by atoms with Gasteiger partial charge >= 0.3 is 0 Å². The normalized spacial score (nSPS) is 19.0. The van der Waals surface area contributed by atoms with Crippen molar-refractivity contribution in [1.29, 1.82) is 0 Å². The maximum Gasteiger partial charge on any atom is 0.279 e. The van der Waals surface area contributed by atoms with Gasteiger partial charge in [-0.05, 0) is 130 Å². The van der Waals surface area contributed by atoms with Crippen LogP contribution >= 0.6 is 58.0 Å². The Morgan fingerprint density at radius 2 is 0.902 bits per heavy atom. The lowest BCUT2D eigenvalue weighted by Gasteiger charge is -2.45. The zero-order valence-electron chi connectivity index (χ0n) is 62.8. The fourth-order valence-corrected chi connectivity index (χ4v) is 20.0. The third-order valence-electron chi connectivity index (χ3n) is 21.7. The second-order valence-electron chi connectivity index (χ2n) is 29.2. The van der Waals surface area contributed by atoms with Crippen molar-refractivity contribution in [3.63, 3.8) is 0 Å². The standard InChI is InChI=1S/C19H20ClN3O2S.C15H17ClN4O2.C15H19ClN4O.C14H19ClN4O2S.C12H16ClN5O2S/c20-16-10-17(18-12-21-22-19(18)11-16)15-6-8-23(9-7-15)26(24,25)13-14-4-2-1-3-5-14;16-10-7-12-11(9-17-18-12)13(8-10)19-3-5-20(6-4-19)14(21)15(22)1-2-15;1-9-7-19(8-10(2)20(9)11(3)21)15-5-12(16)4-14-13(15)6-17-18-14;1-18(22(2,20)21)11-3-5-19(6-4-11)14-8-10(15)7-13-12(14)9-16-17-13;1-14-21(19,20)18-4-2-17(3-5-18)12-7-9(13)6-11-10(12)8-15-16-11/h1-5,10-12,15H,6-9,13H2,(H,21,22);7-9,22H,1-6H2,(H,17,18);4-6,9-10H,7-8H2,1-3H3,(H,17,18);7-9,11H,3-6H2,1-2H3,(H,16,17);6-8,14H,2-5H2,1H3,(H,15,16)/t;;9-,10+;;. The Morgan fingerprint density at radius 3 is 1.30 bits per heavy atom. The van der Waals surface area contributed by atoms with Gasteiger partial charge < -0.3 is 34.5 Å². The van der Waals surface area contributed by atoms with E-state index >= 15 is 0 Å². The monoisotopic (exact) mass is 1690 g/mol. The number of hydrogen-bond donors (Lipinski definition) is 7. The van der Waals surface area contributed by atoms with Gasteiger partial charge in [-0.25, -0.2) is 30.2 Å². The van der Waals surface area contributed by atoms with Gasteiger partial charge in [0.15, 0.2) is 0 Å². The number of nitrogens with one attached hydrogen (secondary N) is 6. The molecule has 11 aromatic rings. The minimum absolute atomic E-state index is 0.0572. The number of amides is 2. The van der Waals surface area contributed by atoms with Gasteiger partial charge in [-0.1, -0.05) is 88.3 Å². The fourth-order valence-electron chi connectivity index (χ4n) is 15.7. The van der Waals surface area contributed by atoms with Crippen LogP contribution in [0.4, 0.5) is 22.7 Å². The molecular formula is C75H91Cl5N20O9S3. The van der Waals surface area contributed by atoms with Crippen molar-refractivity contribution in [3.8, 4) is 0 Å². The number of benzene rings is 6. The number of fused-ring (bicyclic) bond motifs is 5. The summed E-state index contributed by atoms with van der Waals surface area (Å²) in [5, 5.41) is 53.6. The maximum absolute atomic E-state index is 12.7. The molecular weight excluding hydrogens is 1600 g/mol. The first-order valence-corrected chi connectivity index (χ1v) is 43.8. The number of halogens is 5. The number of aromatic amines is 5. The van der Waals surface area contributed by atoms with Gasteiger partial charge in [0, 0.05) is 206 Å². The Bertz CT molecular complexity index is 5510. The first-order chi connectivity index (χ1) is 53.4. The molecule has 2 atom stereocenters. The van der Waals surface area contributed by atoms with E-state index in [-0.39, 0.29) is 41.6 Å². The summed E-state index contributed by atoms with van der Waals surface area (Å²) < 4.78 is 79.2. The minimum Gasteiger partial charge on any atom is -0.380 e. The predicted molar refractivity (Wildman–Crippen MR) is 444 cm³/mol. The van der Waals surface area contributed by atoms with Crippen molar-refractivity contribution in [3.05, 3.63) is 158 Å². The summed E-state index contributed by atoms with van der Waals surface area (Å²) in [7, 11) is -6.71. The number of hydrogen-bond acceptors (Lipinski definition) is 18. The molecule has 6 aromatic carbocycles. The van der Waals surface area contributed by atoms with Crippen LogP contribution in [0, 0.1) is 0 Å². The molecule has 1 aliphatic carbocycles. The number of H-pyrrole nitrogens is 5. The number of anilines is 4. The van der Waals surface area contributed by atoms with Crippen molar-refractivity contribution in [1.82, 2.24) is 78.4 Å². The van der Waals surface area contributed by atoms with E-state index in [4.69, 9.17) is 58.0 Å². The van der Waals surface area contributed by atoms with Gasteiger partial charge in [-0.2, -0.15) is 38.2 Å². The highest BCUT2D eigenvalue weighted by atomic mass is 35.5. The zero-order valence-corrected chi connectivity index (χ0v) is 69.0. The molecule has 0 radical (unpaired) electrons. The summed E-state index contributed by atoms with van der Waals surface area (Å²) in [4.78, 5) is 36.5. The van der Waals surface area contributed by atoms with Crippen molar-refractivity contribution in [2.75, 3.05) is 132 Å². The van der Waals surface area contributed by atoms with E-state index in [0.717, 1.165) is 153 Å². The van der Waals surface area contributed by atoms with Gasteiger partial charge in [-0.15, -0.1) is 0 Å². The summed E-state index contributed by atoms with van der Waals surface area (Å²) in [6, 6.07) is 28.8. The smallest absolute Gasteiger partial charge is 0.279 e. The number of aromatic nitrogens is 10. The van der Waals surface area contributed by atoms with Gasteiger partial charge in [-0.3, -0.25) is 35.1 Å². The lowest BCUT2D eigenvalue weighted by atomic mass is 9.88. The van der Waals surface area contributed by atoms with Gasteiger partial charge in [0.25, 0.3) is 16.1 Å². The summed E-state index contributed by atoms with van der Waals surface area (Å²) in [6.45, 7) is 14.8. The third kappa shape index (κ3) is 18.8. The quantitative estimate of drug-likeness (QED) is 0.0564. The average Bonchev–Trinajstić information content (AvgIpc) is 1.58. The molecule has 2 amide bonds. The van der Waals surface area contributed by atoms with E-state index in [9.17, 15) is 39.9 Å². The lowest BCUT2D eigenvalue weighted by Crippen LogP contribution is -2.58. The number of rotatable bonds is 13. The Kier molecular flexibility index (Phi) is 25.3. The number of carbonyl (C=O) groups excluding carboxylic acids is 2. The Labute approximate surface area is 675 Å². The van der Waals surface area contributed by atoms with Crippen molar-refractivity contribution in [2.24, 2.45) is 0 Å². The fraction of sp³-hybridized carbons (Fsp3) is 0.427. The van der Waals surface area contributed by atoms with Crippen LogP contribution in [0.5, 0.6) is 0 Å². The number of aliphatic hydroxyl groups is 1. The summed E-state index contributed by atoms with van der Waals surface area (Å²) in [6.07, 6.45) is 14.6. The first-order valence-electron chi connectivity index (χ1n) is 37.0. The van der Waals surface area contributed by atoms with Gasteiger partial charge in [0.2, 0.25) is 26.0 Å². The average molecular weight is 1690 g/mol. The predicted octanol–water partition coefficient (Wildman–Crippen LogP) is 10.9. The van der Waals surface area contributed by atoms with E-state index in [1.54, 1.807) is 41.8 Å². The summed E-state index contributed by atoms with van der Waals surface area (Å²) in [5.74, 6) is 0.361. The third-order valence-corrected chi connectivity index (χ3v) is 27.6.